The Labute approximate surface area is 118 Å². The van der Waals surface area contributed by atoms with Crippen molar-refractivity contribution < 1.29 is 19.1 Å². The highest BCUT2D eigenvalue weighted by Crippen LogP contribution is 2.18. The molecule has 0 radical (unpaired) electrons. The molecule has 19 heavy (non-hydrogen) atoms. The third-order valence-corrected chi connectivity index (χ3v) is 2.93. The van der Waals surface area contributed by atoms with Gasteiger partial charge >= 0.3 is 11.9 Å². The average Bonchev–Trinajstić information content (AvgIpc) is 2.38. The minimum absolute atomic E-state index is 0.253. The highest BCUT2D eigenvalue weighted by molar-refractivity contribution is 7.80. The SMILES string of the molecule is CCOC(=O)CCc1cc(C(=O)OCC)ccc1S. The van der Waals surface area contributed by atoms with Gasteiger partial charge in [0.05, 0.1) is 18.8 Å². The van der Waals surface area contributed by atoms with Crippen LogP contribution in [0.2, 0.25) is 0 Å². The van der Waals surface area contributed by atoms with Gasteiger partial charge in [-0.3, -0.25) is 4.79 Å². The number of carbonyl (C=O) groups is 2. The second-order valence-corrected chi connectivity index (χ2v) is 4.35. The number of rotatable bonds is 6. The first kappa shape index (κ1) is 15.6. The normalized spacial score (nSPS) is 10.1. The van der Waals surface area contributed by atoms with E-state index in [1.165, 1.54) is 0 Å². The molecule has 0 saturated carbocycles. The molecule has 0 heterocycles. The van der Waals surface area contributed by atoms with Crippen LogP contribution < -0.4 is 0 Å². The van der Waals surface area contributed by atoms with Gasteiger partial charge in [-0.1, -0.05) is 0 Å². The highest BCUT2D eigenvalue weighted by Gasteiger charge is 2.10. The molecule has 0 aliphatic heterocycles. The van der Waals surface area contributed by atoms with Gasteiger partial charge in [0, 0.05) is 11.3 Å². The molecule has 0 aliphatic carbocycles. The Morgan fingerprint density at radius 2 is 1.84 bits per heavy atom. The van der Waals surface area contributed by atoms with E-state index in [-0.39, 0.29) is 18.4 Å². The maximum absolute atomic E-state index is 11.6. The Hall–Kier alpha value is -1.49. The second-order valence-electron chi connectivity index (χ2n) is 3.87. The average molecular weight is 282 g/mol. The Kier molecular flexibility index (Phi) is 6.42. The van der Waals surface area contributed by atoms with E-state index < -0.39 is 0 Å². The summed E-state index contributed by atoms with van der Waals surface area (Å²) in [5.41, 5.74) is 1.31. The molecule has 1 aromatic carbocycles. The molecule has 0 amide bonds. The molecule has 4 nitrogen and oxygen atoms in total. The van der Waals surface area contributed by atoms with Crippen molar-refractivity contribution in [2.24, 2.45) is 0 Å². The lowest BCUT2D eigenvalue weighted by Crippen LogP contribution is -2.07. The van der Waals surface area contributed by atoms with E-state index >= 15 is 0 Å². The maximum atomic E-state index is 11.6. The Balaban J connectivity index is 2.74. The van der Waals surface area contributed by atoms with E-state index in [2.05, 4.69) is 12.6 Å². The third-order valence-electron chi connectivity index (χ3n) is 2.49. The van der Waals surface area contributed by atoms with Crippen molar-refractivity contribution in [2.45, 2.75) is 31.6 Å². The molecule has 0 unspecified atom stereocenters. The van der Waals surface area contributed by atoms with Gasteiger partial charge in [0.25, 0.3) is 0 Å². The molecule has 0 atom stereocenters. The van der Waals surface area contributed by atoms with Crippen LogP contribution in [0.25, 0.3) is 0 Å². The molecule has 1 rings (SSSR count). The molecule has 0 saturated heterocycles. The molecular formula is C14H18O4S. The van der Waals surface area contributed by atoms with Crippen LogP contribution in [-0.4, -0.2) is 25.2 Å². The van der Waals surface area contributed by atoms with Crippen molar-refractivity contribution >= 4 is 24.6 Å². The molecule has 0 bridgehead atoms. The van der Waals surface area contributed by atoms with Crippen molar-refractivity contribution in [2.75, 3.05) is 13.2 Å². The second kappa shape index (κ2) is 7.84. The predicted molar refractivity (Wildman–Crippen MR) is 74.6 cm³/mol. The number of ether oxygens (including phenoxy) is 2. The lowest BCUT2D eigenvalue weighted by Gasteiger charge is -2.08. The minimum Gasteiger partial charge on any atom is -0.466 e. The van der Waals surface area contributed by atoms with Gasteiger partial charge in [0.1, 0.15) is 0 Å². The monoisotopic (exact) mass is 282 g/mol. The predicted octanol–water partition coefficient (Wildman–Crippen LogP) is 2.65. The molecule has 0 fully saturated rings. The van der Waals surface area contributed by atoms with Gasteiger partial charge in [-0.25, -0.2) is 4.79 Å². The fourth-order valence-electron chi connectivity index (χ4n) is 1.60. The molecule has 1 aromatic rings. The molecule has 5 heteroatoms. The van der Waals surface area contributed by atoms with Crippen LogP contribution in [0.4, 0.5) is 0 Å². The zero-order valence-corrected chi connectivity index (χ0v) is 12.0. The van der Waals surface area contributed by atoms with Crippen LogP contribution in [0.3, 0.4) is 0 Å². The van der Waals surface area contributed by atoms with E-state index in [4.69, 9.17) is 9.47 Å². The quantitative estimate of drug-likeness (QED) is 0.644. The zero-order valence-electron chi connectivity index (χ0n) is 11.1. The summed E-state index contributed by atoms with van der Waals surface area (Å²) in [5, 5.41) is 0. The number of esters is 2. The highest BCUT2D eigenvalue weighted by atomic mass is 32.1. The number of hydrogen-bond acceptors (Lipinski definition) is 5. The largest absolute Gasteiger partial charge is 0.466 e. The first-order chi connectivity index (χ1) is 9.08. The minimum atomic E-state index is -0.367. The number of aryl methyl sites for hydroxylation is 1. The van der Waals surface area contributed by atoms with E-state index in [0.29, 0.717) is 25.2 Å². The number of carbonyl (C=O) groups excluding carboxylic acids is 2. The summed E-state index contributed by atoms with van der Waals surface area (Å²) in [7, 11) is 0. The maximum Gasteiger partial charge on any atom is 0.338 e. The Morgan fingerprint density at radius 3 is 2.47 bits per heavy atom. The summed E-state index contributed by atoms with van der Waals surface area (Å²) in [6.07, 6.45) is 0.762. The van der Waals surface area contributed by atoms with Crippen LogP contribution >= 0.6 is 12.6 Å². The Bertz CT molecular complexity index is 457. The number of thiol groups is 1. The fourth-order valence-corrected chi connectivity index (χ4v) is 1.85. The van der Waals surface area contributed by atoms with Crippen molar-refractivity contribution in [3.05, 3.63) is 29.3 Å². The number of hydrogen-bond donors (Lipinski definition) is 1. The van der Waals surface area contributed by atoms with Crippen molar-refractivity contribution in [3.8, 4) is 0 Å². The first-order valence-electron chi connectivity index (χ1n) is 6.23. The molecule has 0 aliphatic rings. The molecule has 0 spiro atoms. The van der Waals surface area contributed by atoms with Gasteiger partial charge in [0.15, 0.2) is 0 Å². The van der Waals surface area contributed by atoms with E-state index in [0.717, 1.165) is 10.5 Å². The van der Waals surface area contributed by atoms with Gasteiger partial charge < -0.3 is 9.47 Å². The van der Waals surface area contributed by atoms with Gasteiger partial charge in [-0.2, -0.15) is 0 Å². The van der Waals surface area contributed by atoms with Crippen molar-refractivity contribution in [3.63, 3.8) is 0 Å². The van der Waals surface area contributed by atoms with Crippen LogP contribution in [0.5, 0.6) is 0 Å². The summed E-state index contributed by atoms with van der Waals surface area (Å²) < 4.78 is 9.80. The third kappa shape index (κ3) is 4.95. The van der Waals surface area contributed by atoms with Crippen molar-refractivity contribution in [1.82, 2.24) is 0 Å². The van der Waals surface area contributed by atoms with Gasteiger partial charge in [-0.05, 0) is 44.0 Å². The molecule has 0 aromatic heterocycles. The smallest absolute Gasteiger partial charge is 0.338 e. The summed E-state index contributed by atoms with van der Waals surface area (Å²) >= 11 is 4.32. The van der Waals surface area contributed by atoms with Gasteiger partial charge in [0.2, 0.25) is 0 Å². The fraction of sp³-hybridized carbons (Fsp3) is 0.429. The lowest BCUT2D eigenvalue weighted by atomic mass is 10.1. The van der Waals surface area contributed by atoms with Crippen LogP contribution in [0.15, 0.2) is 23.1 Å². The zero-order chi connectivity index (χ0) is 14.3. The van der Waals surface area contributed by atoms with E-state index in [1.807, 2.05) is 0 Å². The number of benzene rings is 1. The van der Waals surface area contributed by atoms with Crippen LogP contribution in [-0.2, 0) is 20.7 Å². The topological polar surface area (TPSA) is 52.6 Å². The molecular weight excluding hydrogens is 264 g/mol. The van der Waals surface area contributed by atoms with E-state index in [1.54, 1.807) is 32.0 Å². The van der Waals surface area contributed by atoms with E-state index in [9.17, 15) is 9.59 Å². The molecule has 104 valence electrons. The standard InChI is InChI=1S/C14H18O4S/c1-3-17-13(15)8-6-10-9-11(5-7-12(10)19)14(16)18-4-2/h5,7,9,19H,3-4,6,8H2,1-2H3. The lowest BCUT2D eigenvalue weighted by molar-refractivity contribution is -0.143. The van der Waals surface area contributed by atoms with Gasteiger partial charge in [-0.15, -0.1) is 12.6 Å². The first-order valence-corrected chi connectivity index (χ1v) is 6.67. The summed E-state index contributed by atoms with van der Waals surface area (Å²) in [6, 6.07) is 5.10. The summed E-state index contributed by atoms with van der Waals surface area (Å²) in [5.74, 6) is -0.620. The van der Waals surface area contributed by atoms with Crippen molar-refractivity contribution in [1.29, 1.82) is 0 Å². The summed E-state index contributed by atoms with van der Waals surface area (Å²) in [4.78, 5) is 23.7. The van der Waals surface area contributed by atoms with Crippen LogP contribution in [0.1, 0.15) is 36.2 Å². The Morgan fingerprint density at radius 1 is 1.16 bits per heavy atom. The van der Waals surface area contributed by atoms with Crippen LogP contribution in [0, 0.1) is 0 Å². The molecule has 0 N–H and O–H groups in total. The summed E-state index contributed by atoms with van der Waals surface area (Å²) in [6.45, 7) is 4.23.